The minimum Gasteiger partial charge on any atom is -0.377 e. The van der Waals surface area contributed by atoms with Crippen LogP contribution >= 0.6 is 23.2 Å². The Labute approximate surface area is 155 Å². The van der Waals surface area contributed by atoms with E-state index in [1.54, 1.807) is 12.1 Å². The van der Waals surface area contributed by atoms with Gasteiger partial charge in [0, 0.05) is 39.3 Å². The Kier molecular flexibility index (Phi) is 3.97. The average molecular weight is 375 g/mol. The molecule has 25 heavy (non-hydrogen) atoms. The number of hydrogen-bond acceptors (Lipinski definition) is 3. The number of nitrogens with one attached hydrogen (secondary N) is 1. The minimum absolute atomic E-state index is 0.0577. The molecule has 1 N–H and O–H groups in total. The van der Waals surface area contributed by atoms with Crippen molar-refractivity contribution in [3.05, 3.63) is 79.3 Å². The third-order valence-electron chi connectivity index (χ3n) is 5.16. The Morgan fingerprint density at radius 2 is 2.00 bits per heavy atom. The number of fused-ring (bicyclic) bond motifs is 3. The molecule has 0 spiro atoms. The molecule has 0 aromatic heterocycles. The summed E-state index contributed by atoms with van der Waals surface area (Å²) in [5.41, 5.74) is 4.12. The lowest BCUT2D eigenvalue weighted by molar-refractivity contribution is -0.384. The van der Waals surface area contributed by atoms with Gasteiger partial charge in [-0.15, -0.1) is 0 Å². The molecule has 6 heteroatoms. The van der Waals surface area contributed by atoms with E-state index in [1.165, 1.54) is 11.6 Å². The number of benzene rings is 2. The summed E-state index contributed by atoms with van der Waals surface area (Å²) in [7, 11) is 0. The predicted molar refractivity (Wildman–Crippen MR) is 101 cm³/mol. The van der Waals surface area contributed by atoms with Crippen molar-refractivity contribution < 1.29 is 4.92 Å². The van der Waals surface area contributed by atoms with Gasteiger partial charge in [-0.3, -0.25) is 10.1 Å². The monoisotopic (exact) mass is 374 g/mol. The number of hydrogen-bond donors (Lipinski definition) is 1. The number of allylic oxidation sites excluding steroid dienone is 2. The van der Waals surface area contributed by atoms with Crippen LogP contribution in [0, 0.1) is 23.0 Å². The molecule has 3 atom stereocenters. The summed E-state index contributed by atoms with van der Waals surface area (Å²) in [6.07, 6.45) is 5.27. The van der Waals surface area contributed by atoms with E-state index >= 15 is 0 Å². The van der Waals surface area contributed by atoms with Crippen LogP contribution in [0.1, 0.15) is 35.1 Å². The van der Waals surface area contributed by atoms with Crippen LogP contribution in [0.2, 0.25) is 10.0 Å². The van der Waals surface area contributed by atoms with Gasteiger partial charge in [-0.2, -0.15) is 0 Å². The first-order valence-electron chi connectivity index (χ1n) is 8.13. The van der Waals surface area contributed by atoms with Gasteiger partial charge in [0.05, 0.1) is 11.0 Å². The van der Waals surface area contributed by atoms with E-state index in [9.17, 15) is 10.1 Å². The molecule has 0 unspecified atom stereocenters. The SMILES string of the molecule is Cc1cc(Cl)cc2c1N[C@H](c1cc([N+](=O)[O-])ccc1Cl)[C@@H]1CC=C[C@@H]21. The third kappa shape index (κ3) is 2.70. The maximum absolute atomic E-state index is 11.2. The fraction of sp³-hybridized carbons (Fsp3) is 0.263. The molecule has 0 amide bonds. The normalized spacial score (nSPS) is 23.7. The van der Waals surface area contributed by atoms with Gasteiger partial charge in [0.1, 0.15) is 0 Å². The van der Waals surface area contributed by atoms with Crippen LogP contribution in [0.25, 0.3) is 0 Å². The standard InChI is InChI=1S/C19H16Cl2N2O2/c1-10-7-11(20)8-15-13-3-2-4-14(13)19(22-18(10)15)16-9-12(23(24)25)5-6-17(16)21/h2-3,5-9,13-14,19,22H,4H2,1H3/t13-,14-,19+/m1/s1. The zero-order chi connectivity index (χ0) is 17.7. The first kappa shape index (κ1) is 16.4. The van der Waals surface area contributed by atoms with Crippen molar-refractivity contribution in [1.82, 2.24) is 0 Å². The smallest absolute Gasteiger partial charge is 0.269 e. The summed E-state index contributed by atoms with van der Waals surface area (Å²) in [6, 6.07) is 8.50. The van der Waals surface area contributed by atoms with Crippen molar-refractivity contribution in [2.45, 2.75) is 25.3 Å². The Balaban J connectivity index is 1.85. The van der Waals surface area contributed by atoms with Crippen molar-refractivity contribution in [2.75, 3.05) is 5.32 Å². The summed E-state index contributed by atoms with van der Waals surface area (Å²) in [5.74, 6) is 0.485. The molecule has 1 heterocycles. The minimum atomic E-state index is -0.383. The van der Waals surface area contributed by atoms with Crippen molar-refractivity contribution in [3.63, 3.8) is 0 Å². The Morgan fingerprint density at radius 1 is 1.20 bits per heavy atom. The molecule has 2 aliphatic rings. The van der Waals surface area contributed by atoms with Gasteiger partial charge in [0.25, 0.3) is 5.69 Å². The Hall–Kier alpha value is -2.04. The molecule has 0 bridgehead atoms. The van der Waals surface area contributed by atoms with E-state index < -0.39 is 0 Å². The number of halogens is 2. The lowest BCUT2D eigenvalue weighted by Gasteiger charge is -2.38. The van der Waals surface area contributed by atoms with Gasteiger partial charge in [-0.25, -0.2) is 0 Å². The summed E-state index contributed by atoms with van der Waals surface area (Å²) >= 11 is 12.7. The number of anilines is 1. The first-order chi connectivity index (χ1) is 12.0. The number of aryl methyl sites for hydroxylation is 1. The average Bonchev–Trinajstić information content (AvgIpc) is 3.05. The van der Waals surface area contributed by atoms with Crippen LogP contribution in [0.4, 0.5) is 11.4 Å². The molecule has 4 rings (SSSR count). The van der Waals surface area contributed by atoms with Gasteiger partial charge >= 0.3 is 0 Å². The van der Waals surface area contributed by atoms with Crippen LogP contribution < -0.4 is 5.32 Å². The van der Waals surface area contributed by atoms with Crippen LogP contribution in [0.3, 0.4) is 0 Å². The largest absolute Gasteiger partial charge is 0.377 e. The highest BCUT2D eigenvalue weighted by atomic mass is 35.5. The van der Waals surface area contributed by atoms with Crippen LogP contribution in [-0.2, 0) is 0 Å². The third-order valence-corrected chi connectivity index (χ3v) is 5.72. The van der Waals surface area contributed by atoms with Crippen molar-refractivity contribution in [3.8, 4) is 0 Å². The molecule has 2 aromatic carbocycles. The van der Waals surface area contributed by atoms with Crippen molar-refractivity contribution >= 4 is 34.6 Å². The highest BCUT2D eigenvalue weighted by molar-refractivity contribution is 6.31. The van der Waals surface area contributed by atoms with E-state index in [0.29, 0.717) is 5.02 Å². The van der Waals surface area contributed by atoms with Crippen LogP contribution in [0.5, 0.6) is 0 Å². The second kappa shape index (κ2) is 6.04. The molecule has 2 aromatic rings. The Bertz CT molecular complexity index is 911. The predicted octanol–water partition coefficient (Wildman–Crippen LogP) is 6.04. The quantitative estimate of drug-likeness (QED) is 0.396. The number of rotatable bonds is 2. The van der Waals surface area contributed by atoms with Crippen molar-refractivity contribution in [2.24, 2.45) is 5.92 Å². The number of nitro benzene ring substituents is 1. The molecule has 0 saturated heterocycles. The van der Waals surface area contributed by atoms with E-state index in [4.69, 9.17) is 23.2 Å². The molecular weight excluding hydrogens is 359 g/mol. The fourth-order valence-corrected chi connectivity index (χ4v) is 4.55. The second-order valence-electron chi connectivity index (χ2n) is 6.63. The topological polar surface area (TPSA) is 55.2 Å². The fourth-order valence-electron chi connectivity index (χ4n) is 4.03. The summed E-state index contributed by atoms with van der Waals surface area (Å²) in [4.78, 5) is 10.8. The molecular formula is C19H16Cl2N2O2. The second-order valence-corrected chi connectivity index (χ2v) is 7.47. The summed E-state index contributed by atoms with van der Waals surface area (Å²) in [5, 5.41) is 16.0. The molecule has 4 nitrogen and oxygen atoms in total. The number of nitro groups is 1. The lowest BCUT2D eigenvalue weighted by Crippen LogP contribution is -2.29. The van der Waals surface area contributed by atoms with E-state index in [-0.39, 0.29) is 28.5 Å². The molecule has 1 aliphatic carbocycles. The molecule has 128 valence electrons. The van der Waals surface area contributed by atoms with Gasteiger partial charge in [-0.1, -0.05) is 35.4 Å². The number of non-ortho nitro benzene ring substituents is 1. The maximum Gasteiger partial charge on any atom is 0.269 e. The zero-order valence-electron chi connectivity index (χ0n) is 13.5. The lowest BCUT2D eigenvalue weighted by atomic mass is 9.76. The van der Waals surface area contributed by atoms with E-state index in [0.717, 1.165) is 28.3 Å². The molecule has 1 aliphatic heterocycles. The van der Waals surface area contributed by atoms with Crippen LogP contribution in [0.15, 0.2) is 42.5 Å². The van der Waals surface area contributed by atoms with Crippen LogP contribution in [-0.4, -0.2) is 4.92 Å². The van der Waals surface area contributed by atoms with Gasteiger partial charge in [-0.05, 0) is 48.6 Å². The Morgan fingerprint density at radius 3 is 2.76 bits per heavy atom. The highest BCUT2D eigenvalue weighted by Crippen LogP contribution is 2.52. The highest BCUT2D eigenvalue weighted by Gasteiger charge is 2.39. The zero-order valence-corrected chi connectivity index (χ0v) is 15.0. The maximum atomic E-state index is 11.2. The summed E-state index contributed by atoms with van der Waals surface area (Å²) < 4.78 is 0. The van der Waals surface area contributed by atoms with E-state index in [1.807, 2.05) is 19.1 Å². The summed E-state index contributed by atoms with van der Waals surface area (Å²) in [6.45, 7) is 2.02. The van der Waals surface area contributed by atoms with Gasteiger partial charge in [0.2, 0.25) is 0 Å². The molecule has 0 radical (unpaired) electrons. The molecule has 0 fully saturated rings. The first-order valence-corrected chi connectivity index (χ1v) is 8.88. The van der Waals surface area contributed by atoms with Gasteiger partial charge < -0.3 is 5.32 Å². The van der Waals surface area contributed by atoms with Gasteiger partial charge in [0.15, 0.2) is 0 Å². The number of nitrogens with zero attached hydrogens (tertiary/aromatic N) is 1. The van der Waals surface area contributed by atoms with E-state index in [2.05, 4.69) is 17.5 Å². The van der Waals surface area contributed by atoms with Crippen molar-refractivity contribution in [1.29, 1.82) is 0 Å². The molecule has 0 saturated carbocycles.